The normalized spacial score (nSPS) is 16.9. The number of Topliss-reactive ketones (excluding diaryl/α,β-unsaturated/α-hetero) is 1. The summed E-state index contributed by atoms with van der Waals surface area (Å²) in [6.45, 7) is 2.76. The Balaban J connectivity index is 1.82. The first kappa shape index (κ1) is 25.0. The highest BCUT2D eigenvalue weighted by molar-refractivity contribution is 6.46. The number of ketones is 1. The maximum atomic E-state index is 13.5. The molecule has 0 radical (unpaired) electrons. The van der Waals surface area contributed by atoms with Crippen molar-refractivity contribution in [3.63, 3.8) is 0 Å². The first-order valence-electron chi connectivity index (χ1n) is 11.8. The van der Waals surface area contributed by atoms with Gasteiger partial charge in [-0.25, -0.2) is 4.39 Å². The number of methoxy groups -OCH3 is 1. The molecule has 3 aromatic rings. The lowest BCUT2D eigenvalue weighted by molar-refractivity contribution is -0.140. The van der Waals surface area contributed by atoms with E-state index in [4.69, 9.17) is 9.47 Å². The molecule has 0 aromatic heterocycles. The van der Waals surface area contributed by atoms with Crippen LogP contribution in [0, 0.1) is 5.82 Å². The Labute approximate surface area is 209 Å². The van der Waals surface area contributed by atoms with Crippen molar-refractivity contribution in [1.82, 2.24) is 4.90 Å². The van der Waals surface area contributed by atoms with Crippen molar-refractivity contribution >= 4 is 17.4 Å². The lowest BCUT2D eigenvalue weighted by Gasteiger charge is -2.26. The van der Waals surface area contributed by atoms with Crippen LogP contribution in [0.3, 0.4) is 0 Å². The van der Waals surface area contributed by atoms with Crippen molar-refractivity contribution in [2.24, 2.45) is 0 Å². The van der Waals surface area contributed by atoms with E-state index in [1.807, 2.05) is 30.3 Å². The Morgan fingerprint density at radius 1 is 1.00 bits per heavy atom. The average molecular weight is 490 g/mol. The fourth-order valence-electron chi connectivity index (χ4n) is 4.23. The van der Waals surface area contributed by atoms with Gasteiger partial charge in [-0.15, -0.1) is 0 Å². The summed E-state index contributed by atoms with van der Waals surface area (Å²) < 4.78 is 24.9. The van der Waals surface area contributed by atoms with E-state index in [0.29, 0.717) is 23.7 Å². The minimum absolute atomic E-state index is 0.0655. The minimum atomic E-state index is -0.881. The van der Waals surface area contributed by atoms with Crippen molar-refractivity contribution in [3.05, 3.63) is 101 Å². The summed E-state index contributed by atoms with van der Waals surface area (Å²) >= 11 is 0. The summed E-state index contributed by atoms with van der Waals surface area (Å²) in [5.74, 6) is -1.37. The number of hydrogen-bond donors (Lipinski definition) is 1. The number of likely N-dealkylation sites (tertiary alicyclic amines) is 1. The van der Waals surface area contributed by atoms with Crippen LogP contribution >= 0.6 is 0 Å². The van der Waals surface area contributed by atoms with Gasteiger partial charge >= 0.3 is 0 Å². The molecular weight excluding hydrogens is 461 g/mol. The highest BCUT2D eigenvalue weighted by Gasteiger charge is 2.46. The Bertz CT molecular complexity index is 1270. The largest absolute Gasteiger partial charge is 0.507 e. The first-order chi connectivity index (χ1) is 17.4. The van der Waals surface area contributed by atoms with Crippen molar-refractivity contribution in [2.75, 3.05) is 13.7 Å². The van der Waals surface area contributed by atoms with Gasteiger partial charge in [0.05, 0.1) is 25.3 Å². The molecule has 4 rings (SSSR count). The molecule has 186 valence electrons. The van der Waals surface area contributed by atoms with Gasteiger partial charge in [-0.05, 0) is 53.9 Å². The van der Waals surface area contributed by atoms with Gasteiger partial charge in [0.25, 0.3) is 11.7 Å². The lowest BCUT2D eigenvalue weighted by atomic mass is 9.94. The number of halogens is 1. The van der Waals surface area contributed by atoms with Gasteiger partial charge in [0, 0.05) is 12.1 Å². The molecule has 36 heavy (non-hydrogen) atoms. The fourth-order valence-corrected chi connectivity index (χ4v) is 4.23. The molecule has 0 bridgehead atoms. The van der Waals surface area contributed by atoms with Crippen LogP contribution in [0.25, 0.3) is 5.76 Å². The number of nitrogens with zero attached hydrogens (tertiary/aromatic N) is 1. The van der Waals surface area contributed by atoms with Gasteiger partial charge in [-0.1, -0.05) is 49.7 Å². The molecule has 6 nitrogen and oxygen atoms in total. The zero-order chi connectivity index (χ0) is 25.7. The van der Waals surface area contributed by atoms with E-state index in [-0.39, 0.29) is 23.4 Å². The van der Waals surface area contributed by atoms with E-state index in [2.05, 4.69) is 6.92 Å². The standard InChI is InChI=1S/C29H28FNO5/c1-3-4-16-36-23-15-12-21(17-24(23)35-2)26-25(27(32)20-10-13-22(30)14-11-20)28(33)29(34)31(26)18-19-8-6-5-7-9-19/h5-15,17,26,32H,3-4,16,18H2,1-2H3. The predicted molar refractivity (Wildman–Crippen MR) is 134 cm³/mol. The van der Waals surface area contributed by atoms with E-state index in [1.165, 1.54) is 36.3 Å². The van der Waals surface area contributed by atoms with E-state index in [1.54, 1.807) is 18.2 Å². The van der Waals surface area contributed by atoms with Crippen LogP contribution in [0.1, 0.15) is 42.5 Å². The van der Waals surface area contributed by atoms with Gasteiger partial charge < -0.3 is 19.5 Å². The summed E-state index contributed by atoms with van der Waals surface area (Å²) in [5, 5.41) is 11.1. The molecule has 7 heteroatoms. The van der Waals surface area contributed by atoms with Crippen molar-refractivity contribution in [2.45, 2.75) is 32.4 Å². The van der Waals surface area contributed by atoms with Gasteiger partial charge in [0.1, 0.15) is 11.6 Å². The number of rotatable bonds is 9. The molecule has 1 N–H and O–H groups in total. The molecule has 0 spiro atoms. The number of ether oxygens (including phenoxy) is 2. The second kappa shape index (κ2) is 11.1. The Kier molecular flexibility index (Phi) is 7.68. The zero-order valence-corrected chi connectivity index (χ0v) is 20.2. The van der Waals surface area contributed by atoms with Gasteiger partial charge in [-0.3, -0.25) is 9.59 Å². The van der Waals surface area contributed by atoms with Crippen molar-refractivity contribution in [3.8, 4) is 11.5 Å². The van der Waals surface area contributed by atoms with E-state index in [0.717, 1.165) is 18.4 Å². The third-order valence-electron chi connectivity index (χ3n) is 6.11. The Morgan fingerprint density at radius 3 is 2.39 bits per heavy atom. The van der Waals surface area contributed by atoms with Crippen LogP contribution in [0.2, 0.25) is 0 Å². The number of amides is 1. The fraction of sp³-hybridized carbons (Fsp3) is 0.241. The average Bonchev–Trinajstić information content (AvgIpc) is 3.14. The number of hydrogen-bond acceptors (Lipinski definition) is 5. The lowest BCUT2D eigenvalue weighted by Crippen LogP contribution is -2.29. The number of benzene rings is 3. The van der Waals surface area contributed by atoms with E-state index in [9.17, 15) is 19.1 Å². The third-order valence-corrected chi connectivity index (χ3v) is 6.11. The number of unbranched alkanes of at least 4 members (excludes halogenated alkanes) is 1. The maximum Gasteiger partial charge on any atom is 0.295 e. The highest BCUT2D eigenvalue weighted by atomic mass is 19.1. The second-order valence-corrected chi connectivity index (χ2v) is 8.53. The second-order valence-electron chi connectivity index (χ2n) is 8.53. The summed E-state index contributed by atoms with van der Waals surface area (Å²) in [5.41, 5.74) is 1.58. The molecule has 3 aromatic carbocycles. The quantitative estimate of drug-likeness (QED) is 0.182. The van der Waals surface area contributed by atoms with Gasteiger partial charge in [-0.2, -0.15) is 0 Å². The van der Waals surface area contributed by atoms with Crippen LogP contribution in [0.4, 0.5) is 4.39 Å². The van der Waals surface area contributed by atoms with Crippen molar-refractivity contribution in [1.29, 1.82) is 0 Å². The number of aliphatic hydroxyl groups is 1. The predicted octanol–water partition coefficient (Wildman–Crippen LogP) is 5.64. The van der Waals surface area contributed by atoms with Gasteiger partial charge in [0.2, 0.25) is 0 Å². The summed E-state index contributed by atoms with van der Waals surface area (Å²) in [6, 6.07) is 18.8. The Hall–Kier alpha value is -4.13. The third kappa shape index (κ3) is 5.10. The highest BCUT2D eigenvalue weighted by Crippen LogP contribution is 2.42. The minimum Gasteiger partial charge on any atom is -0.507 e. The smallest absolute Gasteiger partial charge is 0.295 e. The maximum absolute atomic E-state index is 13.5. The number of carbonyl (C=O) groups is 2. The monoisotopic (exact) mass is 489 g/mol. The molecule has 0 saturated carbocycles. The molecule has 1 atom stereocenters. The zero-order valence-electron chi connectivity index (χ0n) is 20.2. The van der Waals surface area contributed by atoms with E-state index >= 15 is 0 Å². The molecule has 1 fully saturated rings. The topological polar surface area (TPSA) is 76.1 Å². The SMILES string of the molecule is CCCCOc1ccc(C2C(=C(O)c3ccc(F)cc3)C(=O)C(=O)N2Cc2ccccc2)cc1OC. The summed E-state index contributed by atoms with van der Waals surface area (Å²) in [6.07, 6.45) is 1.87. The molecule has 1 amide bonds. The van der Waals surface area contributed by atoms with Gasteiger partial charge in [0.15, 0.2) is 11.5 Å². The van der Waals surface area contributed by atoms with Crippen LogP contribution < -0.4 is 9.47 Å². The first-order valence-corrected chi connectivity index (χ1v) is 11.8. The molecule has 0 aliphatic carbocycles. The van der Waals surface area contributed by atoms with E-state index < -0.39 is 23.5 Å². The summed E-state index contributed by atoms with van der Waals surface area (Å²) in [7, 11) is 1.52. The van der Waals surface area contributed by atoms with Crippen molar-refractivity contribution < 1.29 is 28.6 Å². The number of carbonyl (C=O) groups excluding carboxylic acids is 2. The Morgan fingerprint density at radius 2 is 1.72 bits per heavy atom. The molecule has 1 aliphatic heterocycles. The summed E-state index contributed by atoms with van der Waals surface area (Å²) in [4.78, 5) is 27.9. The van der Waals surface area contributed by atoms with Crippen LogP contribution in [0.15, 0.2) is 78.4 Å². The molecule has 1 saturated heterocycles. The molecule has 1 aliphatic rings. The van der Waals surface area contributed by atoms with Crippen LogP contribution in [0.5, 0.6) is 11.5 Å². The van der Waals surface area contributed by atoms with Crippen LogP contribution in [-0.4, -0.2) is 35.4 Å². The molecule has 1 heterocycles. The molecule has 1 unspecified atom stereocenters. The molecular formula is C29H28FNO5. The number of aliphatic hydroxyl groups excluding tert-OH is 1. The van der Waals surface area contributed by atoms with Crippen LogP contribution in [-0.2, 0) is 16.1 Å².